The summed E-state index contributed by atoms with van der Waals surface area (Å²) in [7, 11) is 0. The van der Waals surface area contributed by atoms with Crippen molar-refractivity contribution >= 4 is 27.7 Å². The molecule has 0 radical (unpaired) electrons. The van der Waals surface area contributed by atoms with Gasteiger partial charge in [0.15, 0.2) is 0 Å². The van der Waals surface area contributed by atoms with Gasteiger partial charge in [-0.25, -0.2) is 4.79 Å². The SMILES string of the molecule is CC=C(OC(=O)C(F)(F)F)c1ccccc1Br. The second kappa shape index (κ2) is 5.35. The number of carbonyl (C=O) groups is 1. The number of hydrogen-bond acceptors (Lipinski definition) is 2. The monoisotopic (exact) mass is 308 g/mol. The zero-order chi connectivity index (χ0) is 13.1. The third kappa shape index (κ3) is 3.59. The van der Waals surface area contributed by atoms with Crippen molar-refractivity contribution in [3.63, 3.8) is 0 Å². The molecule has 0 aliphatic heterocycles. The molecule has 1 rings (SSSR count). The van der Waals surface area contributed by atoms with Crippen LogP contribution in [0.4, 0.5) is 13.2 Å². The van der Waals surface area contributed by atoms with Crippen LogP contribution in [0, 0.1) is 0 Å². The van der Waals surface area contributed by atoms with E-state index in [1.807, 2.05) is 0 Å². The third-order valence-corrected chi connectivity index (χ3v) is 2.53. The van der Waals surface area contributed by atoms with Crippen molar-refractivity contribution in [3.05, 3.63) is 40.4 Å². The molecule has 6 heteroatoms. The van der Waals surface area contributed by atoms with E-state index >= 15 is 0 Å². The Morgan fingerprint density at radius 2 is 1.94 bits per heavy atom. The Bertz CT molecular complexity index is 452. The number of rotatable bonds is 2. The van der Waals surface area contributed by atoms with Gasteiger partial charge in [-0.05, 0) is 19.1 Å². The van der Waals surface area contributed by atoms with E-state index in [2.05, 4.69) is 20.7 Å². The predicted molar refractivity (Wildman–Crippen MR) is 59.9 cm³/mol. The van der Waals surface area contributed by atoms with Crippen LogP contribution in [0.25, 0.3) is 5.76 Å². The van der Waals surface area contributed by atoms with Crippen LogP contribution >= 0.6 is 15.9 Å². The molecule has 0 bridgehead atoms. The average molecular weight is 309 g/mol. The normalized spacial score (nSPS) is 12.4. The molecule has 0 saturated carbocycles. The van der Waals surface area contributed by atoms with E-state index < -0.39 is 12.1 Å². The Labute approximate surface area is 104 Å². The van der Waals surface area contributed by atoms with Gasteiger partial charge in [0.25, 0.3) is 0 Å². The lowest BCUT2D eigenvalue weighted by atomic mass is 10.2. The lowest BCUT2D eigenvalue weighted by Gasteiger charge is -2.11. The Hall–Kier alpha value is -1.30. The zero-order valence-electron chi connectivity index (χ0n) is 8.72. The summed E-state index contributed by atoms with van der Waals surface area (Å²) in [6.07, 6.45) is -3.71. The van der Waals surface area contributed by atoms with Crippen LogP contribution in [-0.2, 0) is 9.53 Å². The number of hydrogen-bond donors (Lipinski definition) is 0. The number of esters is 1. The molecule has 0 N–H and O–H groups in total. The molecule has 0 aromatic heterocycles. The summed E-state index contributed by atoms with van der Waals surface area (Å²) in [6, 6.07) is 6.51. The summed E-state index contributed by atoms with van der Waals surface area (Å²) in [5, 5.41) is 0. The van der Waals surface area contributed by atoms with Crippen LogP contribution in [0.3, 0.4) is 0 Å². The quantitative estimate of drug-likeness (QED) is 0.611. The number of allylic oxidation sites excluding steroid dienone is 1. The minimum Gasteiger partial charge on any atom is -0.420 e. The number of ether oxygens (including phenoxy) is 1. The standard InChI is InChI=1S/C11H8BrF3O2/c1-2-9(17-10(16)11(13,14)15)7-5-3-4-6-8(7)12/h2-6H,1H3. The van der Waals surface area contributed by atoms with Crippen molar-refractivity contribution in [1.82, 2.24) is 0 Å². The van der Waals surface area contributed by atoms with Gasteiger partial charge in [0.05, 0.1) is 0 Å². The molecule has 0 saturated heterocycles. The lowest BCUT2D eigenvalue weighted by molar-refractivity contribution is -0.192. The van der Waals surface area contributed by atoms with Crippen LogP contribution in [0.5, 0.6) is 0 Å². The lowest BCUT2D eigenvalue weighted by Crippen LogP contribution is -2.24. The Morgan fingerprint density at radius 1 is 1.35 bits per heavy atom. The van der Waals surface area contributed by atoms with Gasteiger partial charge in [-0.3, -0.25) is 0 Å². The second-order valence-corrected chi connectivity index (χ2v) is 3.87. The average Bonchev–Trinajstić information content (AvgIpc) is 2.25. The highest BCUT2D eigenvalue weighted by molar-refractivity contribution is 9.10. The molecule has 0 heterocycles. The largest absolute Gasteiger partial charge is 0.491 e. The molecule has 0 spiro atoms. The van der Waals surface area contributed by atoms with Crippen molar-refractivity contribution in [2.24, 2.45) is 0 Å². The maximum Gasteiger partial charge on any atom is 0.491 e. The molecule has 0 atom stereocenters. The first-order chi connectivity index (χ1) is 7.86. The van der Waals surface area contributed by atoms with E-state index in [1.165, 1.54) is 13.0 Å². The van der Waals surface area contributed by atoms with E-state index in [4.69, 9.17) is 0 Å². The fourth-order valence-electron chi connectivity index (χ4n) is 1.09. The predicted octanol–water partition coefficient (Wildman–Crippen LogP) is 3.92. The smallest absolute Gasteiger partial charge is 0.420 e. The number of halogens is 4. The summed E-state index contributed by atoms with van der Waals surface area (Å²) >= 11 is 3.16. The van der Waals surface area contributed by atoms with E-state index in [9.17, 15) is 18.0 Å². The molecule has 0 aliphatic rings. The van der Waals surface area contributed by atoms with Gasteiger partial charge >= 0.3 is 12.1 Å². The summed E-state index contributed by atoms with van der Waals surface area (Å²) < 4.78 is 41.0. The fraction of sp³-hybridized carbons (Fsp3) is 0.182. The molecule has 0 aliphatic carbocycles. The first kappa shape index (κ1) is 13.8. The Balaban J connectivity index is 2.97. The molecule has 0 unspecified atom stereocenters. The molecule has 1 aromatic rings. The van der Waals surface area contributed by atoms with Crippen LogP contribution in [0.15, 0.2) is 34.8 Å². The van der Waals surface area contributed by atoms with Crippen LogP contribution in [0.2, 0.25) is 0 Å². The highest BCUT2D eigenvalue weighted by Gasteiger charge is 2.41. The van der Waals surface area contributed by atoms with Crippen molar-refractivity contribution in [2.45, 2.75) is 13.1 Å². The van der Waals surface area contributed by atoms with Crippen molar-refractivity contribution < 1.29 is 22.7 Å². The molecular formula is C11H8BrF3O2. The minimum absolute atomic E-state index is 0.139. The van der Waals surface area contributed by atoms with Gasteiger partial charge in [0, 0.05) is 10.0 Å². The molecule has 17 heavy (non-hydrogen) atoms. The summed E-state index contributed by atoms with van der Waals surface area (Å²) in [5.41, 5.74) is 0.382. The van der Waals surface area contributed by atoms with E-state index in [0.29, 0.717) is 10.0 Å². The zero-order valence-corrected chi connectivity index (χ0v) is 10.3. The Kier molecular flexibility index (Phi) is 4.34. The minimum atomic E-state index is -5.00. The molecular weight excluding hydrogens is 301 g/mol. The van der Waals surface area contributed by atoms with Crippen molar-refractivity contribution in [2.75, 3.05) is 0 Å². The van der Waals surface area contributed by atoms with Gasteiger partial charge in [-0.15, -0.1) is 0 Å². The molecule has 1 aromatic carbocycles. The van der Waals surface area contributed by atoms with Crippen LogP contribution < -0.4 is 0 Å². The summed E-state index contributed by atoms with van der Waals surface area (Å²) in [5.74, 6) is -2.37. The first-order valence-corrected chi connectivity index (χ1v) is 5.35. The highest BCUT2D eigenvalue weighted by Crippen LogP contribution is 2.27. The first-order valence-electron chi connectivity index (χ1n) is 4.56. The van der Waals surface area contributed by atoms with Gasteiger partial charge < -0.3 is 4.74 Å². The highest BCUT2D eigenvalue weighted by atomic mass is 79.9. The number of benzene rings is 1. The van der Waals surface area contributed by atoms with Gasteiger partial charge in [-0.1, -0.05) is 34.1 Å². The van der Waals surface area contributed by atoms with E-state index in [1.54, 1.807) is 24.3 Å². The molecule has 0 fully saturated rings. The second-order valence-electron chi connectivity index (χ2n) is 3.02. The molecule has 0 amide bonds. The summed E-state index contributed by atoms with van der Waals surface area (Å²) in [4.78, 5) is 10.7. The number of carbonyl (C=O) groups excluding carboxylic acids is 1. The topological polar surface area (TPSA) is 26.3 Å². The van der Waals surface area contributed by atoms with Crippen molar-refractivity contribution in [1.29, 1.82) is 0 Å². The Morgan fingerprint density at radius 3 is 2.41 bits per heavy atom. The maximum absolute atomic E-state index is 12.0. The fourth-order valence-corrected chi connectivity index (χ4v) is 1.57. The molecule has 2 nitrogen and oxygen atoms in total. The van der Waals surface area contributed by atoms with Gasteiger partial charge in [-0.2, -0.15) is 13.2 Å². The van der Waals surface area contributed by atoms with Gasteiger partial charge in [0.2, 0.25) is 0 Å². The van der Waals surface area contributed by atoms with E-state index in [-0.39, 0.29) is 5.76 Å². The molecule has 92 valence electrons. The maximum atomic E-state index is 12.0. The van der Waals surface area contributed by atoms with Gasteiger partial charge in [0.1, 0.15) is 5.76 Å². The van der Waals surface area contributed by atoms with Crippen molar-refractivity contribution in [3.8, 4) is 0 Å². The number of alkyl halides is 3. The van der Waals surface area contributed by atoms with Crippen LogP contribution in [0.1, 0.15) is 12.5 Å². The summed E-state index contributed by atoms with van der Waals surface area (Å²) in [6.45, 7) is 1.48. The third-order valence-electron chi connectivity index (χ3n) is 1.84. The van der Waals surface area contributed by atoms with Crippen LogP contribution in [-0.4, -0.2) is 12.1 Å². The van der Waals surface area contributed by atoms with E-state index in [0.717, 1.165) is 0 Å².